The van der Waals surface area contributed by atoms with Crippen molar-refractivity contribution >= 4 is 11.0 Å². The van der Waals surface area contributed by atoms with E-state index in [1.165, 1.54) is 0 Å². The maximum Gasteiger partial charge on any atom is 0.257 e. The van der Waals surface area contributed by atoms with Crippen LogP contribution in [0.4, 0.5) is 4.39 Å². The lowest BCUT2D eigenvalue weighted by Crippen LogP contribution is -2.37. The molecule has 164 valence electrons. The normalized spacial score (nSPS) is 35.3. The van der Waals surface area contributed by atoms with Gasteiger partial charge < -0.3 is 14.5 Å². The Hall–Kier alpha value is -2.58. The van der Waals surface area contributed by atoms with Crippen LogP contribution in [0.2, 0.25) is 0 Å². The first-order chi connectivity index (χ1) is 20.9. The number of aliphatic hydroxyl groups excluding tert-OH is 1. The Bertz CT molecular complexity index is 1780. The van der Waals surface area contributed by atoms with Gasteiger partial charge in [0.15, 0.2) is 5.58 Å². The number of hydrogen-bond donors (Lipinski definition) is 1. The fourth-order valence-corrected chi connectivity index (χ4v) is 3.55. The van der Waals surface area contributed by atoms with Crippen LogP contribution in [0.5, 0.6) is 0 Å². The summed E-state index contributed by atoms with van der Waals surface area (Å²) in [5.41, 5.74) is -4.21. The van der Waals surface area contributed by atoms with Crippen LogP contribution in [0.1, 0.15) is 80.9 Å². The molecule has 0 radical (unpaired) electrons. The number of fused-ring (bicyclic) bond motifs is 2. The minimum absolute atomic E-state index is 0.0674. The average Bonchev–Trinajstić information content (AvgIpc) is 3.40. The van der Waals surface area contributed by atoms with Gasteiger partial charge in [-0.05, 0) is 63.9 Å². The molecule has 2 aromatic heterocycles. The van der Waals surface area contributed by atoms with Gasteiger partial charge in [-0.3, -0.25) is 9.36 Å². The lowest BCUT2D eigenvalue weighted by molar-refractivity contribution is 0.129. The fraction of sp³-hybridized carbons (Fsp3) is 0.522. The molecule has 0 amide bonds. The van der Waals surface area contributed by atoms with Crippen LogP contribution in [0, 0.1) is 12.7 Å². The molecule has 1 saturated heterocycles. The zero-order valence-corrected chi connectivity index (χ0v) is 16.0. The molecule has 8 heteroatoms. The second-order valence-electron chi connectivity index (χ2n) is 7.09. The number of likely N-dealkylation sites (tertiary alicyclic amines) is 1. The third-order valence-electron chi connectivity index (χ3n) is 5.12. The molecular weight excluding hydrogens is 399 g/mol. The first-order valence-corrected chi connectivity index (χ1v) is 9.54. The van der Waals surface area contributed by atoms with E-state index in [0.717, 1.165) is 4.57 Å². The molecule has 31 heavy (non-hydrogen) atoms. The van der Waals surface area contributed by atoms with E-state index in [1.54, 1.807) is 0 Å². The third kappa shape index (κ3) is 3.78. The number of hydrogen-bond acceptors (Lipinski definition) is 6. The van der Waals surface area contributed by atoms with Gasteiger partial charge in [0.1, 0.15) is 17.7 Å². The topological polar surface area (TPSA) is 84.4 Å². The maximum absolute atomic E-state index is 14.4. The van der Waals surface area contributed by atoms with Gasteiger partial charge in [-0.15, -0.1) is 0 Å². The quantitative estimate of drug-likeness (QED) is 0.670. The van der Waals surface area contributed by atoms with Crippen LogP contribution >= 0.6 is 0 Å². The Balaban J connectivity index is 1.67. The van der Waals surface area contributed by atoms with Crippen molar-refractivity contribution in [3.63, 3.8) is 0 Å². The van der Waals surface area contributed by atoms with Gasteiger partial charge in [-0.2, -0.15) is 0 Å². The highest BCUT2D eigenvalue weighted by molar-refractivity contribution is 5.79. The maximum atomic E-state index is 14.4. The SMILES string of the molecule is [2H]c1c(F)c([2H])c2onc(C3([2H])C([2H])([2H])C([2H])([2H])N(CCc4c(C([2H])([2H])[2H])nc5n(c4=O)CCCC5O)C([2H])([2H])C3([2H])[2H])c2c1[2H]. The number of aliphatic hydroxyl groups is 1. The highest BCUT2D eigenvalue weighted by atomic mass is 19.1. The lowest BCUT2D eigenvalue weighted by atomic mass is 9.91. The molecule has 7 nitrogen and oxygen atoms in total. The Morgan fingerprint density at radius 1 is 1.45 bits per heavy atom. The van der Waals surface area contributed by atoms with Gasteiger partial charge in [0, 0.05) is 58.1 Å². The summed E-state index contributed by atoms with van der Waals surface area (Å²) in [7, 11) is 0. The van der Waals surface area contributed by atoms with Crippen molar-refractivity contribution in [1.82, 2.24) is 19.6 Å². The molecule has 2 aliphatic heterocycles. The molecule has 1 aromatic carbocycles. The van der Waals surface area contributed by atoms with E-state index in [9.17, 15) is 14.3 Å². The third-order valence-corrected chi connectivity index (χ3v) is 5.12. The molecule has 1 N–H and O–H groups in total. The highest BCUT2D eigenvalue weighted by Crippen LogP contribution is 2.32. The molecule has 5 rings (SSSR count). The van der Waals surface area contributed by atoms with Gasteiger partial charge in [0.25, 0.3) is 5.56 Å². The van der Waals surface area contributed by atoms with E-state index < -0.39 is 115 Å². The van der Waals surface area contributed by atoms with Crippen molar-refractivity contribution in [2.24, 2.45) is 0 Å². The molecule has 1 atom stereocenters. The van der Waals surface area contributed by atoms with E-state index >= 15 is 0 Å². The Morgan fingerprint density at radius 3 is 3.10 bits per heavy atom. The second kappa shape index (κ2) is 8.16. The molecule has 1 unspecified atom stereocenters. The van der Waals surface area contributed by atoms with Gasteiger partial charge >= 0.3 is 0 Å². The summed E-state index contributed by atoms with van der Waals surface area (Å²) < 4.78 is 147. The molecule has 0 saturated carbocycles. The molecule has 2 aliphatic rings. The van der Waals surface area contributed by atoms with E-state index in [4.69, 9.17) is 25.1 Å². The average molecular weight is 442 g/mol. The summed E-state index contributed by atoms with van der Waals surface area (Å²) in [4.78, 5) is 17.5. The Morgan fingerprint density at radius 2 is 2.29 bits per heavy atom. The molecule has 4 heterocycles. The van der Waals surface area contributed by atoms with Crippen molar-refractivity contribution in [2.45, 2.75) is 57.4 Å². The molecule has 0 bridgehead atoms. The van der Waals surface area contributed by atoms with E-state index in [1.807, 2.05) is 0 Å². The monoisotopic (exact) mass is 441 g/mol. The van der Waals surface area contributed by atoms with E-state index in [2.05, 4.69) is 10.1 Å². The van der Waals surface area contributed by atoms with E-state index in [-0.39, 0.29) is 23.7 Å². The van der Waals surface area contributed by atoms with Crippen LogP contribution < -0.4 is 5.56 Å². The van der Waals surface area contributed by atoms with Crippen LogP contribution in [0.25, 0.3) is 11.0 Å². The second-order valence-corrected chi connectivity index (χ2v) is 7.09. The zero-order valence-electron chi connectivity index (χ0n) is 31.0. The van der Waals surface area contributed by atoms with Crippen LogP contribution in [-0.2, 0) is 13.0 Å². The van der Waals surface area contributed by atoms with Crippen LogP contribution in [0.3, 0.4) is 0 Å². The summed E-state index contributed by atoms with van der Waals surface area (Å²) in [6.07, 6.45) is -9.05. The lowest BCUT2D eigenvalue weighted by Gasteiger charge is -2.31. The number of nitrogens with zero attached hydrogens (tertiary/aromatic N) is 4. The van der Waals surface area contributed by atoms with Gasteiger partial charge in [-0.1, -0.05) is 5.16 Å². The summed E-state index contributed by atoms with van der Waals surface area (Å²) in [5.74, 6) is -5.43. The summed E-state index contributed by atoms with van der Waals surface area (Å²) in [5, 5.41) is 12.9. The molecule has 1 fully saturated rings. The number of halogens is 1. The van der Waals surface area contributed by atoms with Crippen molar-refractivity contribution < 1.29 is 34.6 Å². The minimum atomic E-state index is -3.80. The van der Waals surface area contributed by atoms with Gasteiger partial charge in [0.2, 0.25) is 0 Å². The molecule has 0 spiro atoms. The first-order valence-electron chi connectivity index (χ1n) is 17.0. The number of rotatable bonds is 4. The van der Waals surface area contributed by atoms with Crippen molar-refractivity contribution in [3.8, 4) is 0 Å². The first kappa shape index (κ1) is 9.50. The largest absolute Gasteiger partial charge is 0.385 e. The van der Waals surface area contributed by atoms with E-state index in [0.29, 0.717) is 6.42 Å². The van der Waals surface area contributed by atoms with Crippen molar-refractivity contribution in [2.75, 3.05) is 19.5 Å². The number of benzene rings is 1. The van der Waals surface area contributed by atoms with Crippen LogP contribution in [0.15, 0.2) is 27.4 Å². The van der Waals surface area contributed by atoms with Crippen LogP contribution in [-0.4, -0.2) is 44.3 Å². The summed E-state index contributed by atoms with van der Waals surface area (Å²) >= 11 is 0. The Kier molecular flexibility index (Phi) is 2.50. The van der Waals surface area contributed by atoms with Crippen molar-refractivity contribution in [1.29, 1.82) is 0 Å². The predicted molar refractivity (Wildman–Crippen MR) is 114 cm³/mol. The number of piperidine rings is 1. The Labute approximate surface area is 200 Å². The van der Waals surface area contributed by atoms with Gasteiger partial charge in [-0.25, -0.2) is 9.37 Å². The summed E-state index contributed by atoms with van der Waals surface area (Å²) in [6.45, 7) is -11.2. The molecule has 0 aliphatic carbocycles. The molecule has 3 aromatic rings. The smallest absolute Gasteiger partial charge is 0.257 e. The minimum Gasteiger partial charge on any atom is -0.385 e. The van der Waals surface area contributed by atoms with Gasteiger partial charge in [0.05, 0.1) is 9.81 Å². The zero-order chi connectivity index (χ0) is 34.7. The highest BCUT2D eigenvalue weighted by Gasteiger charge is 2.26. The molecular formula is C23H27FN4O3. The number of aromatic nitrogens is 3. The fourth-order valence-electron chi connectivity index (χ4n) is 3.55. The number of aryl methyl sites for hydroxylation is 1. The van der Waals surface area contributed by atoms with Crippen molar-refractivity contribution in [3.05, 3.63) is 57.1 Å². The summed E-state index contributed by atoms with van der Waals surface area (Å²) in [6, 6.07) is -3.40. The predicted octanol–water partition coefficient (Wildman–Crippen LogP) is 3.08. The standard InChI is InChI=1S/C23H27FN4O3/c1-14-17(23(30)28-9-2-3-19(29)22(28)25-14)8-12-27-10-6-15(7-11-27)21-18-5-4-16(24)13-20(18)31-26-21/h4-5,13,15,19,29H,2-3,6-12H2,1H3/i1D3,4D,5D,6D2,7D2,10D2,11D2,13D,15D.